The van der Waals surface area contributed by atoms with Gasteiger partial charge in [-0.1, -0.05) is 11.6 Å². The van der Waals surface area contributed by atoms with E-state index in [0.717, 1.165) is 25.3 Å². The van der Waals surface area contributed by atoms with Gasteiger partial charge in [0.15, 0.2) is 0 Å². The molecule has 9 heteroatoms. The van der Waals surface area contributed by atoms with Gasteiger partial charge in [-0.25, -0.2) is 13.1 Å². The second-order valence-corrected chi connectivity index (χ2v) is 8.09. The highest BCUT2D eigenvalue weighted by Crippen LogP contribution is 2.31. The van der Waals surface area contributed by atoms with Crippen LogP contribution in [0.2, 0.25) is 5.02 Å². The van der Waals surface area contributed by atoms with Crippen molar-refractivity contribution in [1.82, 2.24) is 4.72 Å². The molecule has 1 fully saturated rings. The van der Waals surface area contributed by atoms with Crippen molar-refractivity contribution < 1.29 is 13.3 Å². The Bertz CT molecular complexity index is 651. The van der Waals surface area contributed by atoms with E-state index in [1.165, 1.54) is 12.1 Å². The summed E-state index contributed by atoms with van der Waals surface area (Å²) in [7, 11) is -3.86. The van der Waals surface area contributed by atoms with Gasteiger partial charge in [-0.05, 0) is 31.6 Å². The molecule has 0 saturated heterocycles. The summed E-state index contributed by atoms with van der Waals surface area (Å²) in [5.41, 5.74) is -0.298. The fraction of sp³-hybridized carbons (Fsp3) is 0.500. The van der Waals surface area contributed by atoms with Crippen molar-refractivity contribution in [3.63, 3.8) is 0 Å². The molecule has 2 unspecified atom stereocenters. The summed E-state index contributed by atoms with van der Waals surface area (Å²) in [5.74, 6) is 0. The molecule has 1 aliphatic carbocycles. The van der Waals surface area contributed by atoms with E-state index >= 15 is 0 Å². The van der Waals surface area contributed by atoms with Crippen molar-refractivity contribution in [1.29, 1.82) is 0 Å². The molecule has 2 atom stereocenters. The summed E-state index contributed by atoms with van der Waals surface area (Å²) in [5, 5.41) is 11.2. The Labute approximate surface area is 132 Å². The molecule has 0 heterocycles. The molecule has 0 spiro atoms. The van der Waals surface area contributed by atoms with Gasteiger partial charge in [0.25, 0.3) is 5.69 Å². The Morgan fingerprint density at radius 1 is 1.43 bits per heavy atom. The summed E-state index contributed by atoms with van der Waals surface area (Å²) < 4.78 is 27.3. The minimum Gasteiger partial charge on any atom is -0.258 e. The number of nitrogens with one attached hydrogen (secondary N) is 1. The smallest absolute Gasteiger partial charge is 0.258 e. The van der Waals surface area contributed by atoms with E-state index in [1.54, 1.807) is 11.8 Å². The summed E-state index contributed by atoms with van der Waals surface area (Å²) in [6.07, 6.45) is 4.47. The predicted molar refractivity (Wildman–Crippen MR) is 83.4 cm³/mol. The highest BCUT2D eigenvalue weighted by Gasteiger charge is 2.30. The van der Waals surface area contributed by atoms with Crippen LogP contribution in [0.15, 0.2) is 23.1 Å². The van der Waals surface area contributed by atoms with Gasteiger partial charge in [-0.3, -0.25) is 10.1 Å². The third kappa shape index (κ3) is 3.88. The Morgan fingerprint density at radius 2 is 2.14 bits per heavy atom. The first-order valence-electron chi connectivity index (χ1n) is 6.32. The lowest BCUT2D eigenvalue weighted by Gasteiger charge is -2.14. The van der Waals surface area contributed by atoms with Gasteiger partial charge in [-0.15, -0.1) is 0 Å². The average Bonchev–Trinajstić information content (AvgIpc) is 2.85. The van der Waals surface area contributed by atoms with Gasteiger partial charge in [0.1, 0.15) is 4.90 Å². The van der Waals surface area contributed by atoms with E-state index in [1.807, 2.05) is 6.26 Å². The molecule has 0 aliphatic heterocycles. The van der Waals surface area contributed by atoms with Crippen molar-refractivity contribution in [3.8, 4) is 0 Å². The topological polar surface area (TPSA) is 89.3 Å². The van der Waals surface area contributed by atoms with Gasteiger partial charge >= 0.3 is 0 Å². The molecule has 2 rings (SSSR count). The quantitative estimate of drug-likeness (QED) is 0.651. The van der Waals surface area contributed by atoms with E-state index in [0.29, 0.717) is 5.25 Å². The zero-order valence-electron chi connectivity index (χ0n) is 11.3. The summed E-state index contributed by atoms with van der Waals surface area (Å²) in [6.45, 7) is 0. The number of sulfonamides is 1. The lowest BCUT2D eigenvalue weighted by molar-refractivity contribution is -0.385. The first-order chi connectivity index (χ1) is 9.83. The minimum atomic E-state index is -3.86. The van der Waals surface area contributed by atoms with Crippen LogP contribution in [0.4, 0.5) is 5.69 Å². The number of benzene rings is 1. The molecule has 1 N–H and O–H groups in total. The van der Waals surface area contributed by atoms with Crippen LogP contribution in [0.1, 0.15) is 19.3 Å². The maximum atomic E-state index is 12.4. The molecule has 1 aromatic rings. The second-order valence-electron chi connectivity index (χ2n) is 4.86. The zero-order valence-corrected chi connectivity index (χ0v) is 13.7. The fourth-order valence-electron chi connectivity index (χ4n) is 2.36. The van der Waals surface area contributed by atoms with E-state index in [4.69, 9.17) is 11.6 Å². The Morgan fingerprint density at radius 3 is 2.71 bits per heavy atom. The van der Waals surface area contributed by atoms with Crippen molar-refractivity contribution in [2.45, 2.75) is 35.4 Å². The minimum absolute atomic E-state index is 0.0208. The van der Waals surface area contributed by atoms with Crippen molar-refractivity contribution in [2.24, 2.45) is 0 Å². The van der Waals surface area contributed by atoms with Crippen LogP contribution >= 0.6 is 23.4 Å². The van der Waals surface area contributed by atoms with Gasteiger partial charge in [0.05, 0.1) is 9.95 Å². The summed E-state index contributed by atoms with van der Waals surface area (Å²) in [6, 6.07) is 3.25. The van der Waals surface area contributed by atoms with Crippen molar-refractivity contribution in [3.05, 3.63) is 33.3 Å². The third-order valence-electron chi connectivity index (χ3n) is 3.45. The Hall–Kier alpha value is -0.830. The second kappa shape index (κ2) is 6.51. The molecule has 0 aromatic heterocycles. The highest BCUT2D eigenvalue weighted by atomic mass is 35.5. The molecule has 0 amide bonds. The largest absolute Gasteiger partial charge is 0.270 e. The van der Waals surface area contributed by atoms with Gasteiger partial charge in [0.2, 0.25) is 10.0 Å². The van der Waals surface area contributed by atoms with Crippen LogP contribution in [0.5, 0.6) is 0 Å². The first-order valence-corrected chi connectivity index (χ1v) is 9.47. The molecule has 0 radical (unpaired) electrons. The van der Waals surface area contributed by atoms with Crippen molar-refractivity contribution >= 4 is 39.1 Å². The number of non-ortho nitro benzene ring substituents is 1. The van der Waals surface area contributed by atoms with Gasteiger partial charge in [-0.2, -0.15) is 11.8 Å². The SMILES string of the molecule is CSC1CCC(NS(=O)(=O)c2cc([N+](=O)[O-])ccc2Cl)C1. The van der Waals surface area contributed by atoms with Crippen LogP contribution in [0.25, 0.3) is 0 Å². The number of nitro benzene ring substituents is 1. The van der Waals surface area contributed by atoms with Gasteiger partial charge in [0, 0.05) is 23.4 Å². The van der Waals surface area contributed by atoms with Crippen LogP contribution < -0.4 is 4.72 Å². The number of hydrogen-bond donors (Lipinski definition) is 1. The van der Waals surface area contributed by atoms with Crippen LogP contribution in [-0.2, 0) is 10.0 Å². The number of halogens is 1. The van der Waals surface area contributed by atoms with Crippen molar-refractivity contribution in [2.75, 3.05) is 6.26 Å². The fourth-order valence-corrected chi connectivity index (χ4v) is 4.96. The molecule has 0 bridgehead atoms. The molecule has 1 saturated carbocycles. The van der Waals surface area contributed by atoms with E-state index in [9.17, 15) is 18.5 Å². The monoisotopic (exact) mass is 350 g/mol. The number of nitro groups is 1. The number of hydrogen-bond acceptors (Lipinski definition) is 5. The lowest BCUT2D eigenvalue weighted by Crippen LogP contribution is -2.33. The normalized spacial score (nSPS) is 22.4. The highest BCUT2D eigenvalue weighted by molar-refractivity contribution is 7.99. The standard InChI is InChI=1S/C12H15ClN2O4S2/c1-20-10-4-2-8(6-10)14-21(18,19)12-7-9(15(16)17)3-5-11(12)13/h3,5,7-8,10,14H,2,4,6H2,1H3. The summed E-state index contributed by atoms with van der Waals surface area (Å²) in [4.78, 5) is 9.87. The first kappa shape index (κ1) is 16.5. The average molecular weight is 351 g/mol. The van der Waals surface area contributed by atoms with E-state index < -0.39 is 14.9 Å². The Balaban J connectivity index is 2.23. The van der Waals surface area contributed by atoms with Crippen LogP contribution in [-0.4, -0.2) is 30.9 Å². The molecule has 1 aliphatic rings. The number of nitrogens with zero attached hydrogens (tertiary/aromatic N) is 1. The maximum absolute atomic E-state index is 12.4. The van der Waals surface area contributed by atoms with Crippen LogP contribution in [0.3, 0.4) is 0 Å². The third-order valence-corrected chi connectivity index (χ3v) is 6.55. The predicted octanol–water partition coefficient (Wildman–Crippen LogP) is 2.81. The van der Waals surface area contributed by atoms with E-state index in [-0.39, 0.29) is 21.6 Å². The molecule has 116 valence electrons. The number of rotatable bonds is 5. The molecule has 1 aromatic carbocycles. The summed E-state index contributed by atoms with van der Waals surface area (Å²) >= 11 is 7.60. The molecule has 21 heavy (non-hydrogen) atoms. The van der Waals surface area contributed by atoms with Gasteiger partial charge < -0.3 is 0 Å². The van der Waals surface area contributed by atoms with Crippen LogP contribution in [0, 0.1) is 10.1 Å². The molecule has 6 nitrogen and oxygen atoms in total. The zero-order chi connectivity index (χ0) is 15.6. The maximum Gasteiger partial charge on any atom is 0.270 e. The Kier molecular flexibility index (Phi) is 5.13. The molecular formula is C12H15ClN2O4S2. The number of thioether (sulfide) groups is 1. The lowest BCUT2D eigenvalue weighted by atomic mass is 10.3. The molecular weight excluding hydrogens is 336 g/mol. The van der Waals surface area contributed by atoms with E-state index in [2.05, 4.69) is 4.72 Å².